The number of sulfonamides is 1. The number of likely N-dealkylation sites (N-methyl/N-ethyl adjacent to an activating group) is 1. The van der Waals surface area contributed by atoms with Crippen LogP contribution < -0.4 is 11.1 Å². The predicted octanol–water partition coefficient (Wildman–Crippen LogP) is -0.257. The summed E-state index contributed by atoms with van der Waals surface area (Å²) < 4.78 is 28.2. The molecule has 1 aliphatic rings. The van der Waals surface area contributed by atoms with Crippen LogP contribution in [0.3, 0.4) is 0 Å². The fourth-order valence-corrected chi connectivity index (χ4v) is 3.99. The summed E-state index contributed by atoms with van der Waals surface area (Å²) in [6, 6.07) is 1.21. The SMILES string of the molecule is CNC(=O)c1cc(S(=O)(=O)N(C)C(CN)C2CC2)cn1C. The first-order valence-electron chi connectivity index (χ1n) is 6.89. The largest absolute Gasteiger partial charge is 0.354 e. The standard InChI is InChI=1S/C13H22N4O3S/c1-15-13(18)11-6-10(8-16(11)2)21(19,20)17(3)12(7-14)9-4-5-9/h6,8-9,12H,4-5,7,14H2,1-3H3,(H,15,18). The number of nitrogens with two attached hydrogens (primary N) is 1. The Kier molecular flexibility index (Phi) is 4.40. The summed E-state index contributed by atoms with van der Waals surface area (Å²) in [5.74, 6) is 0.0241. The molecule has 1 heterocycles. The summed E-state index contributed by atoms with van der Waals surface area (Å²) in [5, 5.41) is 2.49. The Balaban J connectivity index is 2.33. The topological polar surface area (TPSA) is 97.4 Å². The van der Waals surface area contributed by atoms with Crippen molar-refractivity contribution in [1.82, 2.24) is 14.2 Å². The molecular formula is C13H22N4O3S. The summed E-state index contributed by atoms with van der Waals surface area (Å²) in [6.45, 7) is 0.301. The molecule has 7 nitrogen and oxygen atoms in total. The minimum absolute atomic E-state index is 0.116. The highest BCUT2D eigenvalue weighted by Crippen LogP contribution is 2.36. The average molecular weight is 314 g/mol. The van der Waals surface area contributed by atoms with Gasteiger partial charge < -0.3 is 15.6 Å². The van der Waals surface area contributed by atoms with Crippen LogP contribution >= 0.6 is 0 Å². The van der Waals surface area contributed by atoms with E-state index in [0.29, 0.717) is 18.2 Å². The van der Waals surface area contributed by atoms with E-state index in [9.17, 15) is 13.2 Å². The molecule has 0 radical (unpaired) electrons. The van der Waals surface area contributed by atoms with Crippen molar-refractivity contribution in [3.63, 3.8) is 0 Å². The van der Waals surface area contributed by atoms with Gasteiger partial charge in [0.2, 0.25) is 10.0 Å². The van der Waals surface area contributed by atoms with Gasteiger partial charge in [0, 0.05) is 39.9 Å². The predicted molar refractivity (Wildman–Crippen MR) is 79.3 cm³/mol. The minimum atomic E-state index is -3.65. The van der Waals surface area contributed by atoms with Crippen molar-refractivity contribution in [2.75, 3.05) is 20.6 Å². The van der Waals surface area contributed by atoms with Gasteiger partial charge in [-0.3, -0.25) is 4.79 Å². The lowest BCUT2D eigenvalue weighted by Gasteiger charge is -2.25. The van der Waals surface area contributed by atoms with Gasteiger partial charge in [0.1, 0.15) is 10.6 Å². The number of carbonyl (C=O) groups is 1. The number of hydrogen-bond acceptors (Lipinski definition) is 4. The van der Waals surface area contributed by atoms with Gasteiger partial charge >= 0.3 is 0 Å². The molecular weight excluding hydrogens is 292 g/mol. The number of amides is 1. The number of carbonyl (C=O) groups excluding carboxylic acids is 1. The lowest BCUT2D eigenvalue weighted by atomic mass is 10.2. The van der Waals surface area contributed by atoms with Gasteiger partial charge in [-0.25, -0.2) is 8.42 Å². The second-order valence-electron chi connectivity index (χ2n) is 5.41. The molecule has 3 N–H and O–H groups in total. The Morgan fingerprint density at radius 1 is 1.57 bits per heavy atom. The van der Waals surface area contributed by atoms with Crippen molar-refractivity contribution >= 4 is 15.9 Å². The number of rotatable bonds is 6. The molecule has 1 unspecified atom stereocenters. The molecule has 1 saturated carbocycles. The molecule has 1 aromatic heterocycles. The van der Waals surface area contributed by atoms with Crippen molar-refractivity contribution in [2.45, 2.75) is 23.8 Å². The highest BCUT2D eigenvalue weighted by Gasteiger charge is 2.38. The van der Waals surface area contributed by atoms with Crippen molar-refractivity contribution < 1.29 is 13.2 Å². The van der Waals surface area contributed by atoms with Gasteiger partial charge in [-0.1, -0.05) is 0 Å². The van der Waals surface area contributed by atoms with E-state index in [1.807, 2.05) is 0 Å². The summed E-state index contributed by atoms with van der Waals surface area (Å²) in [5.41, 5.74) is 6.02. The second-order valence-corrected chi connectivity index (χ2v) is 7.41. The van der Waals surface area contributed by atoms with E-state index in [1.54, 1.807) is 14.1 Å². The summed E-state index contributed by atoms with van der Waals surface area (Å²) >= 11 is 0. The Morgan fingerprint density at radius 3 is 2.67 bits per heavy atom. The van der Waals surface area contributed by atoms with Crippen LogP contribution in [0.5, 0.6) is 0 Å². The second kappa shape index (κ2) is 5.78. The van der Waals surface area contributed by atoms with Crippen LogP contribution in [0.15, 0.2) is 17.2 Å². The maximum Gasteiger partial charge on any atom is 0.267 e. The van der Waals surface area contributed by atoms with E-state index in [0.717, 1.165) is 12.8 Å². The van der Waals surface area contributed by atoms with Crippen molar-refractivity contribution in [3.05, 3.63) is 18.0 Å². The molecule has 2 rings (SSSR count). The van der Waals surface area contributed by atoms with E-state index in [4.69, 9.17) is 5.73 Å². The molecule has 1 amide bonds. The minimum Gasteiger partial charge on any atom is -0.354 e. The van der Waals surface area contributed by atoms with Crippen molar-refractivity contribution in [3.8, 4) is 0 Å². The van der Waals surface area contributed by atoms with Gasteiger partial charge in [-0.2, -0.15) is 4.31 Å². The van der Waals surface area contributed by atoms with E-state index in [1.165, 1.54) is 28.2 Å². The number of aromatic nitrogens is 1. The molecule has 0 aromatic carbocycles. The molecule has 1 fully saturated rings. The van der Waals surface area contributed by atoms with Crippen molar-refractivity contribution in [2.24, 2.45) is 18.7 Å². The number of hydrogen-bond donors (Lipinski definition) is 2. The Morgan fingerprint density at radius 2 is 2.19 bits per heavy atom. The fraction of sp³-hybridized carbons (Fsp3) is 0.615. The van der Waals surface area contributed by atoms with Gasteiger partial charge in [-0.05, 0) is 24.8 Å². The zero-order valence-electron chi connectivity index (χ0n) is 12.5. The first-order valence-corrected chi connectivity index (χ1v) is 8.33. The van der Waals surface area contributed by atoms with Gasteiger partial charge in [0.25, 0.3) is 5.91 Å². The summed E-state index contributed by atoms with van der Waals surface area (Å²) in [4.78, 5) is 11.8. The quantitative estimate of drug-likeness (QED) is 0.756. The number of nitrogens with one attached hydrogen (secondary N) is 1. The van der Waals surface area contributed by atoms with E-state index in [2.05, 4.69) is 5.32 Å². The van der Waals surface area contributed by atoms with E-state index < -0.39 is 10.0 Å². The van der Waals surface area contributed by atoms with Crippen LogP contribution in [0, 0.1) is 5.92 Å². The zero-order valence-corrected chi connectivity index (χ0v) is 13.4. The van der Waals surface area contributed by atoms with Crippen molar-refractivity contribution in [1.29, 1.82) is 0 Å². The maximum absolute atomic E-state index is 12.7. The Bertz CT molecular complexity index is 634. The van der Waals surface area contributed by atoms with Crippen LogP contribution in [0.1, 0.15) is 23.3 Å². The molecule has 8 heteroatoms. The van der Waals surface area contributed by atoms with Gasteiger partial charge in [-0.15, -0.1) is 0 Å². The number of aryl methyl sites for hydroxylation is 1. The normalized spacial score (nSPS) is 17.0. The van der Waals surface area contributed by atoms with Crippen LogP contribution in [-0.4, -0.2) is 49.9 Å². The average Bonchev–Trinajstić information content (AvgIpc) is 3.20. The lowest BCUT2D eigenvalue weighted by molar-refractivity contribution is 0.0955. The summed E-state index contributed by atoms with van der Waals surface area (Å²) in [6.07, 6.45) is 3.48. The first kappa shape index (κ1) is 16.0. The van der Waals surface area contributed by atoms with E-state index >= 15 is 0 Å². The Hall–Kier alpha value is -1.38. The monoisotopic (exact) mass is 314 g/mol. The molecule has 1 aliphatic carbocycles. The highest BCUT2D eigenvalue weighted by atomic mass is 32.2. The summed E-state index contributed by atoms with van der Waals surface area (Å²) in [7, 11) is 1.06. The molecule has 0 spiro atoms. The molecule has 21 heavy (non-hydrogen) atoms. The van der Waals surface area contributed by atoms with Gasteiger partial charge in [0.05, 0.1) is 0 Å². The molecule has 0 aliphatic heterocycles. The van der Waals surface area contributed by atoms with Crippen LogP contribution in [0.2, 0.25) is 0 Å². The molecule has 118 valence electrons. The fourth-order valence-electron chi connectivity index (χ4n) is 2.49. The Labute approximate surface area is 125 Å². The third kappa shape index (κ3) is 2.97. The third-order valence-corrected chi connectivity index (χ3v) is 5.84. The van der Waals surface area contributed by atoms with E-state index in [-0.39, 0.29) is 16.8 Å². The highest BCUT2D eigenvalue weighted by molar-refractivity contribution is 7.89. The van der Waals surface area contributed by atoms with Gasteiger partial charge in [0.15, 0.2) is 0 Å². The molecule has 1 aromatic rings. The number of nitrogens with zero attached hydrogens (tertiary/aromatic N) is 2. The smallest absolute Gasteiger partial charge is 0.267 e. The lowest BCUT2D eigenvalue weighted by Crippen LogP contribution is -2.43. The molecule has 0 bridgehead atoms. The zero-order chi connectivity index (χ0) is 15.8. The van der Waals surface area contributed by atoms with Crippen LogP contribution in [-0.2, 0) is 17.1 Å². The van der Waals surface area contributed by atoms with Crippen LogP contribution in [0.4, 0.5) is 0 Å². The molecule has 0 saturated heterocycles. The molecule has 1 atom stereocenters. The third-order valence-electron chi connectivity index (χ3n) is 3.99. The first-order chi connectivity index (χ1) is 9.82. The maximum atomic E-state index is 12.7. The van der Waals surface area contributed by atoms with Crippen LogP contribution in [0.25, 0.3) is 0 Å².